The highest BCUT2D eigenvalue weighted by Crippen LogP contribution is 2.30. The summed E-state index contributed by atoms with van der Waals surface area (Å²) in [5, 5.41) is 7.56. The Morgan fingerprint density at radius 2 is 2.09 bits per heavy atom. The van der Waals surface area contributed by atoms with Gasteiger partial charge in [-0.25, -0.2) is 0 Å². The number of aromatic nitrogens is 2. The Morgan fingerprint density at radius 3 is 2.74 bits per heavy atom. The highest BCUT2D eigenvalue weighted by Gasteiger charge is 2.22. The first kappa shape index (κ1) is 16.0. The quantitative estimate of drug-likeness (QED) is 0.913. The van der Waals surface area contributed by atoms with Gasteiger partial charge in [0.1, 0.15) is 5.75 Å². The number of nitrogens with zero attached hydrogens (tertiary/aromatic N) is 2. The molecular formula is C18H25N3O2. The molecule has 1 aliphatic heterocycles. The molecule has 0 saturated carbocycles. The molecule has 0 amide bonds. The fourth-order valence-electron chi connectivity index (χ4n) is 3.09. The third-order valence-corrected chi connectivity index (χ3v) is 4.26. The van der Waals surface area contributed by atoms with Crippen LogP contribution < -0.4 is 10.1 Å². The molecule has 2 aromatic rings. The van der Waals surface area contributed by atoms with Gasteiger partial charge in [0.05, 0.1) is 12.5 Å². The molecule has 1 N–H and O–H groups in total. The van der Waals surface area contributed by atoms with Gasteiger partial charge < -0.3 is 14.6 Å². The molecule has 1 aromatic heterocycles. The molecule has 0 spiro atoms. The average Bonchev–Trinajstić information content (AvgIpc) is 3.05. The monoisotopic (exact) mass is 315 g/mol. The van der Waals surface area contributed by atoms with Crippen LogP contribution in [0.15, 0.2) is 16.7 Å². The zero-order valence-electron chi connectivity index (χ0n) is 14.2. The third kappa shape index (κ3) is 3.55. The number of nitrogens with one attached hydrogen (secondary N) is 1. The normalized spacial score (nSPS) is 18.1. The second-order valence-corrected chi connectivity index (χ2v) is 6.29. The Kier molecular flexibility index (Phi) is 4.96. The van der Waals surface area contributed by atoms with E-state index in [2.05, 4.69) is 48.4 Å². The molecule has 1 aliphatic rings. The number of rotatable bonds is 5. The lowest BCUT2D eigenvalue weighted by Crippen LogP contribution is -2.28. The smallest absolute Gasteiger partial charge is 0.231 e. The van der Waals surface area contributed by atoms with Gasteiger partial charge in [-0.2, -0.15) is 4.98 Å². The molecule has 3 rings (SSSR count). The molecule has 0 radical (unpaired) electrons. The number of benzene rings is 1. The van der Waals surface area contributed by atoms with Gasteiger partial charge in [-0.3, -0.25) is 0 Å². The predicted octanol–water partition coefficient (Wildman–Crippen LogP) is 3.61. The number of piperidine rings is 1. The second kappa shape index (κ2) is 7.13. The summed E-state index contributed by atoms with van der Waals surface area (Å²) in [6.07, 6.45) is 3.27. The van der Waals surface area contributed by atoms with Crippen molar-refractivity contribution in [1.82, 2.24) is 15.5 Å². The molecule has 0 aliphatic carbocycles. The molecule has 1 saturated heterocycles. The maximum atomic E-state index is 5.84. The molecule has 1 fully saturated rings. The summed E-state index contributed by atoms with van der Waals surface area (Å²) in [4.78, 5) is 4.62. The van der Waals surface area contributed by atoms with E-state index in [-0.39, 0.29) is 0 Å². The summed E-state index contributed by atoms with van der Waals surface area (Å²) in [5.41, 5.74) is 3.21. The first-order valence-electron chi connectivity index (χ1n) is 8.47. The molecule has 1 aromatic carbocycles. The molecule has 2 heterocycles. The Bertz CT molecular complexity index is 637. The second-order valence-electron chi connectivity index (χ2n) is 6.29. The molecule has 0 unspecified atom stereocenters. The molecule has 5 nitrogen and oxygen atoms in total. The topological polar surface area (TPSA) is 60.2 Å². The highest BCUT2D eigenvalue weighted by atomic mass is 16.5. The molecular weight excluding hydrogens is 290 g/mol. The van der Waals surface area contributed by atoms with Gasteiger partial charge in [0.2, 0.25) is 11.7 Å². The summed E-state index contributed by atoms with van der Waals surface area (Å²) in [5.74, 6) is 2.71. The number of hydrogen-bond donors (Lipinski definition) is 1. The van der Waals surface area contributed by atoms with Crippen molar-refractivity contribution in [3.63, 3.8) is 0 Å². The summed E-state index contributed by atoms with van der Waals surface area (Å²) in [6.45, 7) is 8.97. The van der Waals surface area contributed by atoms with E-state index in [1.165, 1.54) is 0 Å². The average molecular weight is 315 g/mol. The lowest BCUT2D eigenvalue weighted by atomic mass is 10.00. The lowest BCUT2D eigenvalue weighted by molar-refractivity contribution is 0.313. The fourth-order valence-corrected chi connectivity index (χ4v) is 3.09. The van der Waals surface area contributed by atoms with Crippen molar-refractivity contribution in [2.45, 2.75) is 46.0 Å². The summed E-state index contributed by atoms with van der Waals surface area (Å²) < 4.78 is 11.3. The van der Waals surface area contributed by atoms with Crippen LogP contribution in [-0.4, -0.2) is 29.8 Å². The van der Waals surface area contributed by atoms with E-state index < -0.39 is 0 Å². The summed E-state index contributed by atoms with van der Waals surface area (Å²) in [7, 11) is 0. The minimum Gasteiger partial charge on any atom is -0.493 e. The van der Waals surface area contributed by atoms with Gasteiger partial charge >= 0.3 is 0 Å². The highest BCUT2D eigenvalue weighted by molar-refractivity contribution is 5.61. The lowest BCUT2D eigenvalue weighted by Gasteiger charge is -2.18. The van der Waals surface area contributed by atoms with Crippen LogP contribution in [0.1, 0.15) is 49.1 Å². The molecule has 23 heavy (non-hydrogen) atoms. The van der Waals surface area contributed by atoms with Crippen LogP contribution in [0, 0.1) is 13.8 Å². The Hall–Kier alpha value is -1.88. The first-order chi connectivity index (χ1) is 11.2. The zero-order chi connectivity index (χ0) is 16.2. The number of ether oxygens (including phenoxy) is 1. The maximum Gasteiger partial charge on any atom is 0.231 e. The summed E-state index contributed by atoms with van der Waals surface area (Å²) in [6, 6.07) is 4.15. The molecule has 0 bridgehead atoms. The van der Waals surface area contributed by atoms with Crippen LogP contribution in [0.5, 0.6) is 5.75 Å². The fraction of sp³-hybridized carbons (Fsp3) is 0.556. The van der Waals surface area contributed by atoms with Crippen LogP contribution in [-0.2, 0) is 0 Å². The standard InChI is InChI=1S/C18H25N3O2/c1-4-8-22-16-12(2)9-15(10-13(16)3)17-20-18(23-21-17)14-6-5-7-19-11-14/h9-10,14,19H,4-8,11H2,1-3H3/t14-/m0/s1. The minimum atomic E-state index is 0.333. The largest absolute Gasteiger partial charge is 0.493 e. The Labute approximate surface area is 137 Å². The summed E-state index contributed by atoms with van der Waals surface area (Å²) >= 11 is 0. The van der Waals surface area contributed by atoms with E-state index >= 15 is 0 Å². The van der Waals surface area contributed by atoms with E-state index in [0.29, 0.717) is 11.7 Å². The SMILES string of the molecule is CCCOc1c(C)cc(-c2noc([C@H]3CCCNC3)n2)cc1C. The molecule has 1 atom stereocenters. The van der Waals surface area contributed by atoms with Crippen molar-refractivity contribution in [2.75, 3.05) is 19.7 Å². The van der Waals surface area contributed by atoms with Crippen molar-refractivity contribution in [3.8, 4) is 17.1 Å². The van der Waals surface area contributed by atoms with Gasteiger partial charge in [-0.1, -0.05) is 12.1 Å². The van der Waals surface area contributed by atoms with Crippen LogP contribution in [0.3, 0.4) is 0 Å². The Balaban J connectivity index is 1.83. The maximum absolute atomic E-state index is 5.84. The van der Waals surface area contributed by atoms with Crippen LogP contribution in [0.4, 0.5) is 0 Å². The van der Waals surface area contributed by atoms with Crippen LogP contribution in [0.2, 0.25) is 0 Å². The van der Waals surface area contributed by atoms with Crippen LogP contribution in [0.25, 0.3) is 11.4 Å². The van der Waals surface area contributed by atoms with Crippen molar-refractivity contribution in [2.24, 2.45) is 0 Å². The van der Waals surface area contributed by atoms with Gasteiger partial charge in [0.25, 0.3) is 0 Å². The van der Waals surface area contributed by atoms with E-state index in [1.54, 1.807) is 0 Å². The van der Waals surface area contributed by atoms with Crippen molar-refractivity contribution in [3.05, 3.63) is 29.2 Å². The predicted molar refractivity (Wildman–Crippen MR) is 89.8 cm³/mol. The molecule has 5 heteroatoms. The minimum absolute atomic E-state index is 0.333. The van der Waals surface area contributed by atoms with Gasteiger partial charge in [-0.15, -0.1) is 0 Å². The van der Waals surface area contributed by atoms with Gasteiger partial charge in [0.15, 0.2) is 0 Å². The third-order valence-electron chi connectivity index (χ3n) is 4.26. The molecule has 124 valence electrons. The zero-order valence-corrected chi connectivity index (χ0v) is 14.2. The number of hydrogen-bond acceptors (Lipinski definition) is 5. The Morgan fingerprint density at radius 1 is 1.30 bits per heavy atom. The number of aryl methyl sites for hydroxylation is 2. The first-order valence-corrected chi connectivity index (χ1v) is 8.47. The van der Waals surface area contributed by atoms with Crippen molar-refractivity contribution in [1.29, 1.82) is 0 Å². The van der Waals surface area contributed by atoms with Crippen molar-refractivity contribution < 1.29 is 9.26 Å². The van der Waals surface area contributed by atoms with E-state index in [9.17, 15) is 0 Å². The van der Waals surface area contributed by atoms with E-state index in [1.807, 2.05) is 0 Å². The van der Waals surface area contributed by atoms with Crippen LogP contribution >= 0.6 is 0 Å². The van der Waals surface area contributed by atoms with Gasteiger partial charge in [0, 0.05) is 12.1 Å². The van der Waals surface area contributed by atoms with Gasteiger partial charge in [-0.05, 0) is 62.9 Å². The van der Waals surface area contributed by atoms with E-state index in [4.69, 9.17) is 9.26 Å². The van der Waals surface area contributed by atoms with Crippen molar-refractivity contribution >= 4 is 0 Å². The van der Waals surface area contributed by atoms with E-state index in [0.717, 1.165) is 67.3 Å².